The number of amides is 1. The molecule has 0 saturated carbocycles. The maximum absolute atomic E-state index is 12.3. The molecular formula is C19H28N4OS. The van der Waals surface area contributed by atoms with Crippen molar-refractivity contribution in [3.05, 3.63) is 27.5 Å². The second kappa shape index (κ2) is 7.68. The standard InChI is InChI=1S/C19H28N4OS/c1-5-6-14-7-9-16-17(11-14)25-19(20-16)21-18(24)10-8-15-12(2)22-23(4)13(15)3/h14H,5-11H2,1-4H3,(H,20,21,24). The SMILES string of the molecule is CCCC1CCc2nc(NC(=O)CCc3c(C)nn(C)c3C)sc2C1. The van der Waals surface area contributed by atoms with Gasteiger partial charge in [-0.15, -0.1) is 11.3 Å². The van der Waals surface area contributed by atoms with Crippen LogP contribution in [0.3, 0.4) is 0 Å². The largest absolute Gasteiger partial charge is 0.302 e. The second-order valence-corrected chi connectivity index (χ2v) is 8.19. The summed E-state index contributed by atoms with van der Waals surface area (Å²) in [6.45, 7) is 6.30. The van der Waals surface area contributed by atoms with Gasteiger partial charge in [0.25, 0.3) is 0 Å². The number of hydrogen-bond acceptors (Lipinski definition) is 4. The van der Waals surface area contributed by atoms with Gasteiger partial charge in [-0.3, -0.25) is 9.48 Å². The number of anilines is 1. The number of aryl methyl sites for hydroxylation is 3. The fourth-order valence-corrected chi connectivity index (χ4v) is 4.89. The molecule has 0 saturated heterocycles. The van der Waals surface area contributed by atoms with Crippen molar-refractivity contribution in [2.45, 2.75) is 65.7 Å². The van der Waals surface area contributed by atoms with Crippen molar-refractivity contribution in [3.63, 3.8) is 0 Å². The molecule has 1 aliphatic rings. The van der Waals surface area contributed by atoms with Crippen LogP contribution in [0.1, 0.15) is 60.1 Å². The summed E-state index contributed by atoms with van der Waals surface area (Å²) < 4.78 is 1.88. The number of carbonyl (C=O) groups excluding carboxylic acids is 1. The normalized spacial score (nSPS) is 16.7. The maximum Gasteiger partial charge on any atom is 0.226 e. The number of carbonyl (C=O) groups is 1. The number of nitrogens with zero attached hydrogens (tertiary/aromatic N) is 3. The molecular weight excluding hydrogens is 332 g/mol. The van der Waals surface area contributed by atoms with Gasteiger partial charge >= 0.3 is 0 Å². The Morgan fingerprint density at radius 2 is 2.20 bits per heavy atom. The number of rotatable bonds is 6. The molecule has 6 heteroatoms. The van der Waals surface area contributed by atoms with Crippen LogP contribution in [0.15, 0.2) is 0 Å². The summed E-state index contributed by atoms with van der Waals surface area (Å²) in [5.74, 6) is 0.830. The number of thiazole rings is 1. The molecule has 25 heavy (non-hydrogen) atoms. The Morgan fingerprint density at radius 1 is 1.40 bits per heavy atom. The van der Waals surface area contributed by atoms with E-state index in [1.54, 1.807) is 11.3 Å². The zero-order chi connectivity index (χ0) is 18.0. The molecule has 2 heterocycles. The minimum atomic E-state index is 0.0406. The molecule has 0 radical (unpaired) electrons. The van der Waals surface area contributed by atoms with Crippen LogP contribution in [0, 0.1) is 19.8 Å². The second-order valence-electron chi connectivity index (χ2n) is 7.11. The van der Waals surface area contributed by atoms with E-state index in [1.807, 2.05) is 18.7 Å². The predicted octanol–water partition coefficient (Wildman–Crippen LogP) is 3.97. The van der Waals surface area contributed by atoms with E-state index in [1.165, 1.54) is 35.4 Å². The zero-order valence-corrected chi connectivity index (χ0v) is 16.5. The van der Waals surface area contributed by atoms with E-state index in [0.717, 1.165) is 41.7 Å². The molecule has 0 bridgehead atoms. The fourth-order valence-electron chi connectivity index (χ4n) is 3.75. The van der Waals surface area contributed by atoms with Crippen molar-refractivity contribution >= 4 is 22.4 Å². The lowest BCUT2D eigenvalue weighted by Gasteiger charge is -2.19. The average Bonchev–Trinajstić information content (AvgIpc) is 3.06. The van der Waals surface area contributed by atoms with Gasteiger partial charge in [-0.05, 0) is 51.0 Å². The maximum atomic E-state index is 12.3. The van der Waals surface area contributed by atoms with Gasteiger partial charge in [0.05, 0.1) is 11.4 Å². The smallest absolute Gasteiger partial charge is 0.226 e. The van der Waals surface area contributed by atoms with Crippen molar-refractivity contribution in [1.29, 1.82) is 0 Å². The Kier molecular flexibility index (Phi) is 5.57. The van der Waals surface area contributed by atoms with Crippen molar-refractivity contribution in [3.8, 4) is 0 Å². The van der Waals surface area contributed by atoms with Gasteiger partial charge in [-0.25, -0.2) is 4.98 Å². The minimum Gasteiger partial charge on any atom is -0.302 e. The monoisotopic (exact) mass is 360 g/mol. The predicted molar refractivity (Wildman–Crippen MR) is 102 cm³/mol. The minimum absolute atomic E-state index is 0.0406. The summed E-state index contributed by atoms with van der Waals surface area (Å²) in [6, 6.07) is 0. The average molecular weight is 361 g/mol. The third-order valence-electron chi connectivity index (χ3n) is 5.25. The molecule has 0 fully saturated rings. The number of hydrogen-bond donors (Lipinski definition) is 1. The van der Waals surface area contributed by atoms with Crippen LogP contribution in [-0.4, -0.2) is 20.7 Å². The first-order valence-corrected chi connectivity index (χ1v) is 10.1. The van der Waals surface area contributed by atoms with Crippen LogP contribution in [0.25, 0.3) is 0 Å². The summed E-state index contributed by atoms with van der Waals surface area (Å²) >= 11 is 1.67. The van der Waals surface area contributed by atoms with E-state index in [9.17, 15) is 4.79 Å². The van der Waals surface area contributed by atoms with Gasteiger partial charge in [0.1, 0.15) is 0 Å². The van der Waals surface area contributed by atoms with E-state index in [-0.39, 0.29) is 5.91 Å². The molecule has 1 N–H and O–H groups in total. The summed E-state index contributed by atoms with van der Waals surface area (Å²) in [5, 5.41) is 8.19. The molecule has 0 aliphatic heterocycles. The van der Waals surface area contributed by atoms with Crippen molar-refractivity contribution in [1.82, 2.24) is 14.8 Å². The first kappa shape index (κ1) is 18.1. The summed E-state index contributed by atoms with van der Waals surface area (Å²) in [7, 11) is 1.94. The van der Waals surface area contributed by atoms with Crippen molar-refractivity contribution in [2.75, 3.05) is 5.32 Å². The number of fused-ring (bicyclic) bond motifs is 1. The molecule has 2 aromatic rings. The Morgan fingerprint density at radius 3 is 2.88 bits per heavy atom. The molecule has 136 valence electrons. The molecule has 3 rings (SSSR count). The zero-order valence-electron chi connectivity index (χ0n) is 15.7. The first-order chi connectivity index (χ1) is 12.0. The lowest BCUT2D eigenvalue weighted by atomic mass is 9.88. The third kappa shape index (κ3) is 4.11. The van der Waals surface area contributed by atoms with Gasteiger partial charge in [0, 0.05) is 24.0 Å². The summed E-state index contributed by atoms with van der Waals surface area (Å²) in [5.41, 5.74) is 4.53. The highest BCUT2D eigenvalue weighted by Gasteiger charge is 2.22. The number of aromatic nitrogens is 3. The third-order valence-corrected chi connectivity index (χ3v) is 6.28. The Labute approximate surface area is 153 Å². The van der Waals surface area contributed by atoms with E-state index in [2.05, 4.69) is 29.2 Å². The molecule has 0 aromatic carbocycles. The molecule has 1 amide bonds. The molecule has 1 aliphatic carbocycles. The highest BCUT2D eigenvalue weighted by molar-refractivity contribution is 7.15. The Balaban J connectivity index is 1.57. The van der Waals surface area contributed by atoms with Crippen LogP contribution < -0.4 is 5.32 Å². The van der Waals surface area contributed by atoms with Gasteiger partial charge in [-0.1, -0.05) is 19.8 Å². The van der Waals surface area contributed by atoms with Crippen LogP contribution in [0.2, 0.25) is 0 Å². The van der Waals surface area contributed by atoms with Gasteiger partial charge in [0.2, 0.25) is 5.91 Å². The van der Waals surface area contributed by atoms with E-state index >= 15 is 0 Å². The highest BCUT2D eigenvalue weighted by atomic mass is 32.1. The molecule has 1 unspecified atom stereocenters. The van der Waals surface area contributed by atoms with Gasteiger partial charge in [0.15, 0.2) is 5.13 Å². The lowest BCUT2D eigenvalue weighted by molar-refractivity contribution is -0.116. The van der Waals surface area contributed by atoms with Crippen LogP contribution >= 0.6 is 11.3 Å². The topological polar surface area (TPSA) is 59.8 Å². The van der Waals surface area contributed by atoms with Crippen LogP contribution in [0.4, 0.5) is 5.13 Å². The van der Waals surface area contributed by atoms with Crippen LogP contribution in [-0.2, 0) is 31.1 Å². The Hall–Kier alpha value is -1.69. The molecule has 0 spiro atoms. The van der Waals surface area contributed by atoms with E-state index in [4.69, 9.17) is 0 Å². The molecule has 5 nitrogen and oxygen atoms in total. The Bertz CT molecular complexity index is 762. The van der Waals surface area contributed by atoms with E-state index in [0.29, 0.717) is 6.42 Å². The highest BCUT2D eigenvalue weighted by Crippen LogP contribution is 2.34. The summed E-state index contributed by atoms with van der Waals surface area (Å²) in [6.07, 6.45) is 7.15. The molecule has 1 atom stereocenters. The molecule has 2 aromatic heterocycles. The van der Waals surface area contributed by atoms with E-state index < -0.39 is 0 Å². The van der Waals surface area contributed by atoms with Gasteiger partial charge < -0.3 is 5.32 Å². The van der Waals surface area contributed by atoms with Crippen molar-refractivity contribution < 1.29 is 4.79 Å². The first-order valence-electron chi connectivity index (χ1n) is 9.25. The summed E-state index contributed by atoms with van der Waals surface area (Å²) in [4.78, 5) is 18.3. The van der Waals surface area contributed by atoms with Crippen molar-refractivity contribution in [2.24, 2.45) is 13.0 Å². The number of nitrogens with one attached hydrogen (secondary N) is 1. The fraction of sp³-hybridized carbons (Fsp3) is 0.632. The van der Waals surface area contributed by atoms with Gasteiger partial charge in [-0.2, -0.15) is 5.10 Å². The van der Waals surface area contributed by atoms with Crippen LogP contribution in [0.5, 0.6) is 0 Å². The lowest BCUT2D eigenvalue weighted by Crippen LogP contribution is -2.13. The quantitative estimate of drug-likeness (QED) is 0.848.